The topological polar surface area (TPSA) is 149 Å². The molecule has 0 aromatic heterocycles. The molecule has 1 heterocycles. The van der Waals surface area contributed by atoms with Crippen molar-refractivity contribution in [1.29, 1.82) is 0 Å². The van der Waals surface area contributed by atoms with E-state index in [1.54, 1.807) is 60.7 Å². The van der Waals surface area contributed by atoms with Crippen molar-refractivity contribution in [3.05, 3.63) is 190 Å². The molecule has 52 heavy (non-hydrogen) atoms. The van der Waals surface area contributed by atoms with E-state index in [0.717, 1.165) is 16.7 Å². The van der Waals surface area contributed by atoms with Crippen LogP contribution in [-0.2, 0) is 29.3 Å². The Hall–Kier alpha value is -5.81. The lowest BCUT2D eigenvalue weighted by Crippen LogP contribution is -2.62. The fraction of sp³-hybridized carbons (Fsp3) is 0.220. The minimum absolute atomic E-state index is 0.0570. The highest BCUT2D eigenvalue weighted by atomic mass is 16.7. The first-order valence-electron chi connectivity index (χ1n) is 16.8. The monoisotopic (exact) mass is 699 g/mol. The standard InChI is InChI=1S/C41H37N3O8/c42-44-43-26-27-48-40-37(52-39(47)30-18-8-2-9-19-30)35(45)36(51-38(46)29-16-6-1-7-17-29)34(50-40)28-49-41(31-20-10-3-11-21-31,32-22-12-4-13-23-32)33-24-14-5-15-25-33/h1-25,34-37,40,45H,26-28H2/t34-,35+,36-,37+,40+/m1/s1. The average molecular weight is 700 g/mol. The SMILES string of the molecule is [N-]=[N+]=NCCO[C@H]1O[C@H](COC(c2ccccc2)(c2ccccc2)c2ccccc2)[C@@H](OC(=O)c2ccccc2)[C@H](O)[C@@H]1OC(=O)c1ccccc1. The highest BCUT2D eigenvalue weighted by Gasteiger charge is 2.51. The van der Waals surface area contributed by atoms with E-state index in [2.05, 4.69) is 10.0 Å². The Labute approximate surface area is 300 Å². The lowest BCUT2D eigenvalue weighted by atomic mass is 9.80. The summed E-state index contributed by atoms with van der Waals surface area (Å²) >= 11 is 0. The molecule has 1 aliphatic heterocycles. The fourth-order valence-electron chi connectivity index (χ4n) is 6.20. The molecule has 264 valence electrons. The second kappa shape index (κ2) is 17.4. The summed E-state index contributed by atoms with van der Waals surface area (Å²) in [5.41, 5.74) is 10.6. The third kappa shape index (κ3) is 8.21. The molecule has 0 saturated carbocycles. The highest BCUT2D eigenvalue weighted by Crippen LogP contribution is 2.41. The number of azide groups is 1. The molecule has 6 rings (SSSR count). The Balaban J connectivity index is 1.39. The van der Waals surface area contributed by atoms with Crippen molar-refractivity contribution in [2.45, 2.75) is 36.3 Å². The largest absolute Gasteiger partial charge is 0.453 e. The Bertz CT molecular complexity index is 1830. The quantitative estimate of drug-likeness (QED) is 0.0330. The van der Waals surface area contributed by atoms with Gasteiger partial charge in [0, 0.05) is 11.5 Å². The zero-order valence-electron chi connectivity index (χ0n) is 28.1. The number of hydrogen-bond donors (Lipinski definition) is 1. The summed E-state index contributed by atoms with van der Waals surface area (Å²) < 4.78 is 31.2. The summed E-state index contributed by atoms with van der Waals surface area (Å²) in [4.78, 5) is 29.6. The summed E-state index contributed by atoms with van der Waals surface area (Å²) in [7, 11) is 0. The predicted octanol–water partition coefficient (Wildman–Crippen LogP) is 6.86. The second-order valence-electron chi connectivity index (χ2n) is 11.9. The molecule has 1 N–H and O–H groups in total. The first kappa shape index (κ1) is 36.0. The molecule has 1 fully saturated rings. The number of rotatable bonds is 14. The van der Waals surface area contributed by atoms with Gasteiger partial charge in [-0.25, -0.2) is 9.59 Å². The number of nitrogens with zero attached hydrogens (tertiary/aromatic N) is 3. The Morgan fingerprint density at radius 3 is 1.54 bits per heavy atom. The number of esters is 2. The maximum atomic E-state index is 13.5. The van der Waals surface area contributed by atoms with Crippen molar-refractivity contribution in [2.75, 3.05) is 19.8 Å². The van der Waals surface area contributed by atoms with Gasteiger partial charge in [0.1, 0.15) is 17.8 Å². The number of carbonyl (C=O) groups excluding carboxylic acids is 2. The van der Waals surface area contributed by atoms with E-state index in [1.807, 2.05) is 91.0 Å². The molecule has 11 heteroatoms. The first-order valence-corrected chi connectivity index (χ1v) is 16.8. The van der Waals surface area contributed by atoms with Crippen LogP contribution in [0.4, 0.5) is 0 Å². The van der Waals surface area contributed by atoms with Gasteiger partial charge in [-0.3, -0.25) is 0 Å². The summed E-state index contributed by atoms with van der Waals surface area (Å²) in [6, 6.07) is 45.6. The zero-order chi connectivity index (χ0) is 36.2. The van der Waals surface area contributed by atoms with Crippen molar-refractivity contribution >= 4 is 11.9 Å². The van der Waals surface area contributed by atoms with Crippen LogP contribution in [-0.4, -0.2) is 67.5 Å². The number of aliphatic hydroxyl groups is 1. The molecule has 0 spiro atoms. The summed E-state index contributed by atoms with van der Waals surface area (Å²) in [6.45, 7) is -0.401. The van der Waals surface area contributed by atoms with Crippen LogP contribution in [0.25, 0.3) is 10.4 Å². The van der Waals surface area contributed by atoms with Crippen LogP contribution in [0.15, 0.2) is 157 Å². The molecule has 0 unspecified atom stereocenters. The van der Waals surface area contributed by atoms with Gasteiger partial charge in [0.05, 0.1) is 24.3 Å². The van der Waals surface area contributed by atoms with Crippen LogP contribution < -0.4 is 0 Å². The van der Waals surface area contributed by atoms with Crippen molar-refractivity contribution in [1.82, 2.24) is 0 Å². The third-order valence-electron chi connectivity index (χ3n) is 8.66. The van der Waals surface area contributed by atoms with Gasteiger partial charge in [-0.1, -0.05) is 133 Å². The maximum absolute atomic E-state index is 13.5. The minimum Gasteiger partial charge on any atom is -0.453 e. The van der Waals surface area contributed by atoms with Crippen LogP contribution in [0.3, 0.4) is 0 Å². The number of ether oxygens (including phenoxy) is 5. The van der Waals surface area contributed by atoms with Crippen molar-refractivity contribution in [2.24, 2.45) is 5.11 Å². The minimum atomic E-state index is -1.63. The van der Waals surface area contributed by atoms with Crippen LogP contribution in [0, 0.1) is 0 Å². The van der Waals surface area contributed by atoms with Gasteiger partial charge in [-0.15, -0.1) is 0 Å². The molecule has 0 bridgehead atoms. The Kier molecular flexibility index (Phi) is 12.1. The van der Waals surface area contributed by atoms with Crippen molar-refractivity contribution < 1.29 is 38.4 Å². The normalized spacial score (nSPS) is 19.9. The van der Waals surface area contributed by atoms with E-state index in [1.165, 1.54) is 0 Å². The maximum Gasteiger partial charge on any atom is 0.338 e. The molecule has 0 amide bonds. The molecule has 11 nitrogen and oxygen atoms in total. The third-order valence-corrected chi connectivity index (χ3v) is 8.66. The van der Waals surface area contributed by atoms with Crippen LogP contribution in [0.5, 0.6) is 0 Å². The second-order valence-corrected chi connectivity index (χ2v) is 11.9. The molecule has 5 aromatic rings. The molecular formula is C41H37N3O8. The molecular weight excluding hydrogens is 662 g/mol. The van der Waals surface area contributed by atoms with Crippen LogP contribution in [0.1, 0.15) is 37.4 Å². The number of hydrogen-bond acceptors (Lipinski definition) is 9. The molecule has 5 atom stereocenters. The van der Waals surface area contributed by atoms with Gasteiger partial charge in [0.25, 0.3) is 0 Å². The van der Waals surface area contributed by atoms with Gasteiger partial charge in [-0.2, -0.15) is 0 Å². The van der Waals surface area contributed by atoms with E-state index in [-0.39, 0.29) is 30.9 Å². The lowest BCUT2D eigenvalue weighted by molar-refractivity contribution is -0.303. The zero-order valence-corrected chi connectivity index (χ0v) is 28.1. The van der Waals surface area contributed by atoms with E-state index in [9.17, 15) is 14.7 Å². The fourth-order valence-corrected chi connectivity index (χ4v) is 6.20. The average Bonchev–Trinajstić information content (AvgIpc) is 3.21. The van der Waals surface area contributed by atoms with Gasteiger partial charge in [0.15, 0.2) is 18.5 Å². The molecule has 5 aromatic carbocycles. The number of carbonyl (C=O) groups is 2. The number of aliphatic hydroxyl groups excluding tert-OH is 1. The Morgan fingerprint density at radius 1 is 0.673 bits per heavy atom. The van der Waals surface area contributed by atoms with Crippen molar-refractivity contribution in [3.8, 4) is 0 Å². The van der Waals surface area contributed by atoms with E-state index in [0.29, 0.717) is 0 Å². The summed E-state index contributed by atoms with van der Waals surface area (Å²) in [6.07, 6.45) is -6.98. The van der Waals surface area contributed by atoms with Crippen molar-refractivity contribution in [3.63, 3.8) is 0 Å². The van der Waals surface area contributed by atoms with Crippen LogP contribution in [0.2, 0.25) is 0 Å². The molecule has 0 aliphatic carbocycles. The van der Waals surface area contributed by atoms with E-state index >= 15 is 0 Å². The number of benzene rings is 5. The highest BCUT2D eigenvalue weighted by molar-refractivity contribution is 5.90. The molecule has 1 aliphatic rings. The summed E-state index contributed by atoms with van der Waals surface area (Å²) in [5, 5.41) is 15.5. The van der Waals surface area contributed by atoms with E-state index < -0.39 is 48.2 Å². The van der Waals surface area contributed by atoms with Gasteiger partial charge < -0.3 is 28.8 Å². The van der Waals surface area contributed by atoms with Gasteiger partial charge >= 0.3 is 11.9 Å². The summed E-state index contributed by atoms with van der Waals surface area (Å²) in [5.74, 6) is -1.48. The first-order chi connectivity index (χ1) is 25.5. The smallest absolute Gasteiger partial charge is 0.338 e. The van der Waals surface area contributed by atoms with Crippen LogP contribution >= 0.6 is 0 Å². The van der Waals surface area contributed by atoms with Gasteiger partial charge in [0.2, 0.25) is 0 Å². The molecule has 1 saturated heterocycles. The Morgan fingerprint density at radius 2 is 1.10 bits per heavy atom. The van der Waals surface area contributed by atoms with Gasteiger partial charge in [-0.05, 0) is 46.5 Å². The lowest BCUT2D eigenvalue weighted by Gasteiger charge is -2.44. The van der Waals surface area contributed by atoms with E-state index in [4.69, 9.17) is 29.2 Å². The predicted molar refractivity (Wildman–Crippen MR) is 191 cm³/mol. The molecule has 0 radical (unpaired) electrons.